The van der Waals surface area contributed by atoms with Crippen molar-refractivity contribution in [3.05, 3.63) is 59.4 Å². The molecule has 3 aromatic rings. The average Bonchev–Trinajstić information content (AvgIpc) is 2.94. The van der Waals surface area contributed by atoms with Crippen LogP contribution in [-0.2, 0) is 22.6 Å². The zero-order chi connectivity index (χ0) is 18.5. The number of nitrogens with zero attached hydrogens (tertiary/aromatic N) is 2. The molecule has 0 aliphatic carbocycles. The van der Waals surface area contributed by atoms with Gasteiger partial charge in [0.25, 0.3) is 0 Å². The van der Waals surface area contributed by atoms with E-state index in [1.54, 1.807) is 12.1 Å². The maximum Gasteiger partial charge on any atom is 0.244 e. The van der Waals surface area contributed by atoms with E-state index in [0.717, 1.165) is 16.9 Å². The second-order valence-corrected chi connectivity index (χ2v) is 6.27. The predicted octanol–water partition coefficient (Wildman–Crippen LogP) is 3.01. The molecule has 0 spiro atoms. The summed E-state index contributed by atoms with van der Waals surface area (Å²) in [6, 6.07) is 14.7. The summed E-state index contributed by atoms with van der Waals surface area (Å²) < 4.78 is 1.86. The molecule has 134 valence electrons. The minimum atomic E-state index is -0.193. The van der Waals surface area contributed by atoms with E-state index in [0.29, 0.717) is 23.7 Å². The van der Waals surface area contributed by atoms with Crippen LogP contribution in [0.5, 0.6) is 0 Å². The molecule has 1 heterocycles. The van der Waals surface area contributed by atoms with Gasteiger partial charge < -0.3 is 15.2 Å². The fourth-order valence-electron chi connectivity index (χ4n) is 2.74. The van der Waals surface area contributed by atoms with Crippen LogP contribution in [0.3, 0.4) is 0 Å². The van der Waals surface area contributed by atoms with Gasteiger partial charge in [-0.15, -0.1) is 0 Å². The van der Waals surface area contributed by atoms with Gasteiger partial charge in [-0.1, -0.05) is 35.9 Å². The van der Waals surface area contributed by atoms with Gasteiger partial charge in [0.1, 0.15) is 12.4 Å². The Labute approximate surface area is 156 Å². The third-order valence-electron chi connectivity index (χ3n) is 3.91. The lowest BCUT2D eigenvalue weighted by Crippen LogP contribution is -2.25. The normalized spacial score (nSPS) is 10.7. The molecule has 0 saturated carbocycles. The number of amides is 2. The average molecular weight is 371 g/mol. The Hall–Kier alpha value is -2.86. The van der Waals surface area contributed by atoms with Crippen molar-refractivity contribution in [1.29, 1.82) is 0 Å². The van der Waals surface area contributed by atoms with Crippen LogP contribution < -0.4 is 10.6 Å². The first kappa shape index (κ1) is 17.9. The van der Waals surface area contributed by atoms with Gasteiger partial charge in [-0.3, -0.25) is 9.59 Å². The smallest absolute Gasteiger partial charge is 0.244 e. The molecular weight excluding hydrogens is 352 g/mol. The molecule has 2 amide bonds. The number of hydrogen-bond donors (Lipinski definition) is 2. The first-order chi connectivity index (χ1) is 12.5. The number of hydrogen-bond acceptors (Lipinski definition) is 3. The summed E-state index contributed by atoms with van der Waals surface area (Å²) >= 11 is 6.10. The Morgan fingerprint density at radius 1 is 1.12 bits per heavy atom. The van der Waals surface area contributed by atoms with Crippen molar-refractivity contribution in [1.82, 2.24) is 14.9 Å². The fourth-order valence-corrected chi connectivity index (χ4v) is 2.92. The molecule has 26 heavy (non-hydrogen) atoms. The van der Waals surface area contributed by atoms with Gasteiger partial charge >= 0.3 is 0 Å². The van der Waals surface area contributed by atoms with Crippen LogP contribution in [0.25, 0.3) is 11.0 Å². The molecule has 0 fully saturated rings. The minimum Gasteiger partial charge on any atom is -0.356 e. The van der Waals surface area contributed by atoms with Crippen molar-refractivity contribution >= 4 is 40.1 Å². The molecule has 2 N–H and O–H groups in total. The fraction of sp³-hybridized carbons (Fsp3) is 0.211. The van der Waals surface area contributed by atoms with E-state index >= 15 is 0 Å². The Balaban J connectivity index is 1.82. The molecule has 0 bridgehead atoms. The third kappa shape index (κ3) is 4.21. The number of para-hydroxylation sites is 3. The van der Waals surface area contributed by atoms with E-state index in [2.05, 4.69) is 15.6 Å². The van der Waals surface area contributed by atoms with Gasteiger partial charge in [-0.05, 0) is 24.3 Å². The van der Waals surface area contributed by atoms with Crippen molar-refractivity contribution in [2.45, 2.75) is 19.9 Å². The largest absolute Gasteiger partial charge is 0.356 e. The molecule has 0 atom stereocenters. The molecule has 6 nitrogen and oxygen atoms in total. The Kier molecular flexibility index (Phi) is 5.53. The van der Waals surface area contributed by atoms with Crippen LogP contribution in [0.2, 0.25) is 5.02 Å². The molecule has 0 unspecified atom stereocenters. The third-order valence-corrected chi connectivity index (χ3v) is 4.24. The number of nitrogens with one attached hydrogen (secondary N) is 2. The summed E-state index contributed by atoms with van der Waals surface area (Å²) in [4.78, 5) is 28.2. The van der Waals surface area contributed by atoms with Crippen molar-refractivity contribution < 1.29 is 9.59 Å². The number of anilines is 1. The number of rotatable bonds is 6. The topological polar surface area (TPSA) is 76.0 Å². The highest BCUT2D eigenvalue weighted by atomic mass is 35.5. The molecule has 2 aromatic carbocycles. The van der Waals surface area contributed by atoms with Crippen LogP contribution in [0, 0.1) is 0 Å². The van der Waals surface area contributed by atoms with Crippen molar-refractivity contribution in [2.24, 2.45) is 0 Å². The van der Waals surface area contributed by atoms with E-state index in [1.165, 1.54) is 6.92 Å². The molecule has 0 radical (unpaired) electrons. The van der Waals surface area contributed by atoms with Crippen molar-refractivity contribution in [3.63, 3.8) is 0 Å². The summed E-state index contributed by atoms with van der Waals surface area (Å²) in [6.07, 6.45) is 0.535. The Bertz CT molecular complexity index is 952. The van der Waals surface area contributed by atoms with Crippen molar-refractivity contribution in [3.8, 4) is 0 Å². The number of aromatic nitrogens is 2. The molecule has 3 rings (SSSR count). The Morgan fingerprint density at radius 2 is 1.85 bits per heavy atom. The highest BCUT2D eigenvalue weighted by molar-refractivity contribution is 6.33. The summed E-state index contributed by atoms with van der Waals surface area (Å²) in [5, 5.41) is 6.07. The van der Waals surface area contributed by atoms with E-state index in [9.17, 15) is 9.59 Å². The van der Waals surface area contributed by atoms with E-state index in [1.807, 2.05) is 41.0 Å². The zero-order valence-corrected chi connectivity index (χ0v) is 15.1. The predicted molar refractivity (Wildman–Crippen MR) is 102 cm³/mol. The number of benzene rings is 2. The van der Waals surface area contributed by atoms with Gasteiger partial charge in [0.05, 0.1) is 21.7 Å². The van der Waals surface area contributed by atoms with Gasteiger partial charge in [-0.25, -0.2) is 4.98 Å². The lowest BCUT2D eigenvalue weighted by molar-refractivity contribution is -0.119. The van der Waals surface area contributed by atoms with E-state index < -0.39 is 0 Å². The zero-order valence-electron chi connectivity index (χ0n) is 14.3. The van der Waals surface area contributed by atoms with Crippen LogP contribution in [0.15, 0.2) is 48.5 Å². The molecule has 1 aromatic heterocycles. The van der Waals surface area contributed by atoms with Gasteiger partial charge in [0.2, 0.25) is 11.8 Å². The highest BCUT2D eigenvalue weighted by Crippen LogP contribution is 2.21. The molecule has 0 aliphatic heterocycles. The second kappa shape index (κ2) is 8.01. The number of halogens is 1. The quantitative estimate of drug-likeness (QED) is 0.700. The molecule has 0 aliphatic rings. The van der Waals surface area contributed by atoms with Gasteiger partial charge in [-0.2, -0.15) is 0 Å². The lowest BCUT2D eigenvalue weighted by Gasteiger charge is -2.11. The summed E-state index contributed by atoms with van der Waals surface area (Å²) in [5.41, 5.74) is 2.26. The van der Waals surface area contributed by atoms with Crippen LogP contribution >= 0.6 is 11.6 Å². The first-order valence-corrected chi connectivity index (χ1v) is 8.65. The first-order valence-electron chi connectivity index (χ1n) is 8.27. The maximum atomic E-state index is 12.5. The summed E-state index contributed by atoms with van der Waals surface area (Å²) in [6.45, 7) is 2.05. The van der Waals surface area contributed by atoms with E-state index in [-0.39, 0.29) is 18.4 Å². The molecule has 0 saturated heterocycles. The van der Waals surface area contributed by atoms with Crippen LogP contribution in [0.4, 0.5) is 5.69 Å². The SMILES string of the molecule is CC(=O)NCCc1nc2ccccc2n1CC(=O)Nc1ccccc1Cl. The number of imidazole rings is 1. The Morgan fingerprint density at radius 3 is 2.62 bits per heavy atom. The number of carbonyl (C=O) groups excluding carboxylic acids is 2. The molecule has 7 heteroatoms. The minimum absolute atomic E-state index is 0.0934. The summed E-state index contributed by atoms with van der Waals surface area (Å²) in [5.74, 6) is 0.459. The van der Waals surface area contributed by atoms with Crippen LogP contribution in [-0.4, -0.2) is 27.9 Å². The lowest BCUT2D eigenvalue weighted by atomic mass is 10.3. The standard InChI is InChI=1S/C19H19ClN4O2/c1-13(25)21-11-10-18-22-16-8-4-5-9-17(16)24(18)12-19(26)23-15-7-3-2-6-14(15)20/h2-9H,10-12H2,1H3,(H,21,25)(H,23,26). The van der Waals surface area contributed by atoms with Gasteiger partial charge in [0, 0.05) is 19.9 Å². The second-order valence-electron chi connectivity index (χ2n) is 5.86. The highest BCUT2D eigenvalue weighted by Gasteiger charge is 2.14. The van der Waals surface area contributed by atoms with E-state index in [4.69, 9.17) is 11.6 Å². The monoisotopic (exact) mass is 370 g/mol. The van der Waals surface area contributed by atoms with Crippen molar-refractivity contribution in [2.75, 3.05) is 11.9 Å². The maximum absolute atomic E-state index is 12.5. The number of carbonyl (C=O) groups is 2. The molecular formula is C19H19ClN4O2. The van der Waals surface area contributed by atoms with Gasteiger partial charge in [0.15, 0.2) is 0 Å². The number of fused-ring (bicyclic) bond motifs is 1. The van der Waals surface area contributed by atoms with Crippen LogP contribution in [0.1, 0.15) is 12.7 Å². The summed E-state index contributed by atoms with van der Waals surface area (Å²) in [7, 11) is 0.